The molecule has 0 radical (unpaired) electrons. The Bertz CT molecular complexity index is 445. The molecule has 1 heterocycles. The van der Waals surface area contributed by atoms with Crippen LogP contribution < -0.4 is 4.74 Å². The van der Waals surface area contributed by atoms with Gasteiger partial charge in [-0.2, -0.15) is 5.10 Å². The minimum absolute atomic E-state index is 0.462. The van der Waals surface area contributed by atoms with Crippen LogP contribution in [0.1, 0.15) is 25.3 Å². The van der Waals surface area contributed by atoms with Crippen molar-refractivity contribution in [2.45, 2.75) is 19.8 Å². The highest BCUT2D eigenvalue weighted by Crippen LogP contribution is 2.32. The first-order valence-electron chi connectivity index (χ1n) is 4.74. The van der Waals surface area contributed by atoms with E-state index in [0.717, 1.165) is 16.7 Å². The van der Waals surface area contributed by atoms with Crippen LogP contribution in [0.2, 0.25) is 0 Å². The Balaban J connectivity index is 2.72. The van der Waals surface area contributed by atoms with Crippen molar-refractivity contribution in [3.8, 4) is 5.75 Å². The Kier molecular flexibility index (Phi) is 2.15. The second-order valence-electron chi connectivity index (χ2n) is 3.67. The third kappa shape index (κ3) is 1.25. The quantitative estimate of drug-likeness (QED) is 0.790. The minimum Gasteiger partial charge on any atom is -0.496 e. The molecule has 0 atom stereocenters. The van der Waals surface area contributed by atoms with Crippen molar-refractivity contribution in [3.63, 3.8) is 0 Å². The number of nitrogens with zero attached hydrogens (tertiary/aromatic N) is 1. The van der Waals surface area contributed by atoms with Crippen molar-refractivity contribution < 1.29 is 4.74 Å². The van der Waals surface area contributed by atoms with Gasteiger partial charge in [-0.3, -0.25) is 5.10 Å². The molecule has 0 aliphatic rings. The lowest BCUT2D eigenvalue weighted by Gasteiger charge is -2.11. The van der Waals surface area contributed by atoms with E-state index in [4.69, 9.17) is 4.74 Å². The van der Waals surface area contributed by atoms with Crippen molar-refractivity contribution in [3.05, 3.63) is 23.9 Å². The second kappa shape index (κ2) is 3.33. The molecule has 0 unspecified atom stereocenters. The SMILES string of the molecule is COc1c(C(C)C)ccc2[nH]ncc12. The monoisotopic (exact) mass is 190 g/mol. The van der Waals surface area contributed by atoms with E-state index in [1.54, 1.807) is 13.3 Å². The number of benzene rings is 1. The molecule has 0 fully saturated rings. The molecule has 0 bridgehead atoms. The molecule has 0 aliphatic heterocycles. The molecule has 0 aliphatic carbocycles. The van der Waals surface area contributed by atoms with Crippen molar-refractivity contribution >= 4 is 10.9 Å². The van der Waals surface area contributed by atoms with Crippen LogP contribution in [0.25, 0.3) is 10.9 Å². The summed E-state index contributed by atoms with van der Waals surface area (Å²) in [4.78, 5) is 0. The largest absolute Gasteiger partial charge is 0.496 e. The molecule has 1 N–H and O–H groups in total. The van der Waals surface area contributed by atoms with Crippen LogP contribution in [0.15, 0.2) is 18.3 Å². The smallest absolute Gasteiger partial charge is 0.133 e. The maximum atomic E-state index is 5.42. The molecule has 14 heavy (non-hydrogen) atoms. The lowest BCUT2D eigenvalue weighted by molar-refractivity contribution is 0.413. The first kappa shape index (κ1) is 9.06. The van der Waals surface area contributed by atoms with Gasteiger partial charge in [0, 0.05) is 0 Å². The summed E-state index contributed by atoms with van der Waals surface area (Å²) in [5, 5.41) is 7.99. The maximum Gasteiger partial charge on any atom is 0.133 e. The zero-order valence-corrected chi connectivity index (χ0v) is 8.66. The number of hydrogen-bond donors (Lipinski definition) is 1. The van der Waals surface area contributed by atoms with Gasteiger partial charge in [0.1, 0.15) is 5.75 Å². The van der Waals surface area contributed by atoms with Crippen LogP contribution in [-0.4, -0.2) is 17.3 Å². The molecule has 74 valence electrons. The van der Waals surface area contributed by atoms with Crippen molar-refractivity contribution in [2.75, 3.05) is 7.11 Å². The summed E-state index contributed by atoms with van der Waals surface area (Å²) in [7, 11) is 1.70. The molecule has 2 rings (SSSR count). The number of H-pyrrole nitrogens is 1. The number of ether oxygens (including phenoxy) is 1. The third-order valence-electron chi connectivity index (χ3n) is 2.43. The van der Waals surface area contributed by atoms with Gasteiger partial charge in [-0.05, 0) is 17.5 Å². The molecule has 0 spiro atoms. The van der Waals surface area contributed by atoms with E-state index in [0.29, 0.717) is 5.92 Å². The summed E-state index contributed by atoms with van der Waals surface area (Å²) >= 11 is 0. The lowest BCUT2D eigenvalue weighted by atomic mass is 10.0. The molecule has 0 saturated heterocycles. The zero-order chi connectivity index (χ0) is 10.1. The van der Waals surface area contributed by atoms with E-state index >= 15 is 0 Å². The Hall–Kier alpha value is -1.51. The van der Waals surface area contributed by atoms with Crippen molar-refractivity contribution in [1.29, 1.82) is 0 Å². The highest BCUT2D eigenvalue weighted by Gasteiger charge is 2.11. The molecule has 3 heteroatoms. The zero-order valence-electron chi connectivity index (χ0n) is 8.66. The van der Waals surface area contributed by atoms with Gasteiger partial charge in [-0.1, -0.05) is 19.9 Å². The number of hydrogen-bond acceptors (Lipinski definition) is 2. The Morgan fingerprint density at radius 1 is 1.36 bits per heavy atom. The van der Waals surface area contributed by atoms with Gasteiger partial charge in [0.25, 0.3) is 0 Å². The van der Waals surface area contributed by atoms with Gasteiger partial charge in [0.2, 0.25) is 0 Å². The van der Waals surface area contributed by atoms with Crippen LogP contribution in [-0.2, 0) is 0 Å². The van der Waals surface area contributed by atoms with E-state index in [1.807, 2.05) is 6.07 Å². The number of methoxy groups -OCH3 is 1. The second-order valence-corrected chi connectivity index (χ2v) is 3.67. The summed E-state index contributed by atoms with van der Waals surface area (Å²) < 4.78 is 5.42. The van der Waals surface area contributed by atoms with E-state index in [1.165, 1.54) is 5.56 Å². The van der Waals surface area contributed by atoms with Crippen LogP contribution in [0, 0.1) is 0 Å². The van der Waals surface area contributed by atoms with Crippen LogP contribution in [0.5, 0.6) is 5.75 Å². The molecule has 3 nitrogen and oxygen atoms in total. The van der Waals surface area contributed by atoms with Crippen LogP contribution in [0.3, 0.4) is 0 Å². The van der Waals surface area contributed by atoms with Gasteiger partial charge in [0.15, 0.2) is 0 Å². The fourth-order valence-corrected chi connectivity index (χ4v) is 1.69. The molecule has 0 amide bonds. The predicted octanol–water partition coefficient (Wildman–Crippen LogP) is 2.69. The third-order valence-corrected chi connectivity index (χ3v) is 2.43. The number of aromatic amines is 1. The van der Waals surface area contributed by atoms with Crippen LogP contribution in [0.4, 0.5) is 0 Å². The summed E-state index contributed by atoms with van der Waals surface area (Å²) in [6.45, 7) is 4.31. The highest BCUT2D eigenvalue weighted by molar-refractivity contribution is 5.86. The Morgan fingerprint density at radius 2 is 2.14 bits per heavy atom. The van der Waals surface area contributed by atoms with Crippen LogP contribution >= 0.6 is 0 Å². The number of rotatable bonds is 2. The standard InChI is InChI=1S/C11H14N2O/c1-7(2)8-4-5-10-9(6-12-13-10)11(8)14-3/h4-7H,1-3H3,(H,12,13). The molecular weight excluding hydrogens is 176 g/mol. The molecule has 0 saturated carbocycles. The fourth-order valence-electron chi connectivity index (χ4n) is 1.69. The highest BCUT2D eigenvalue weighted by atomic mass is 16.5. The van der Waals surface area contributed by atoms with E-state index < -0.39 is 0 Å². The average molecular weight is 190 g/mol. The van der Waals surface area contributed by atoms with E-state index in [9.17, 15) is 0 Å². The molecule has 1 aromatic carbocycles. The number of fused-ring (bicyclic) bond motifs is 1. The van der Waals surface area contributed by atoms with Gasteiger partial charge in [-0.15, -0.1) is 0 Å². The minimum atomic E-state index is 0.462. The van der Waals surface area contributed by atoms with Gasteiger partial charge in [0.05, 0.1) is 24.2 Å². The average Bonchev–Trinajstić information content (AvgIpc) is 2.63. The lowest BCUT2D eigenvalue weighted by Crippen LogP contribution is -1.94. The topological polar surface area (TPSA) is 37.9 Å². The fraction of sp³-hybridized carbons (Fsp3) is 0.364. The molecular formula is C11H14N2O. The van der Waals surface area contributed by atoms with Gasteiger partial charge >= 0.3 is 0 Å². The van der Waals surface area contributed by atoms with E-state index in [-0.39, 0.29) is 0 Å². The van der Waals surface area contributed by atoms with Gasteiger partial charge in [-0.25, -0.2) is 0 Å². The Morgan fingerprint density at radius 3 is 2.79 bits per heavy atom. The van der Waals surface area contributed by atoms with Crippen molar-refractivity contribution in [1.82, 2.24) is 10.2 Å². The molecule has 1 aromatic heterocycles. The summed E-state index contributed by atoms with van der Waals surface area (Å²) in [5.41, 5.74) is 2.24. The van der Waals surface area contributed by atoms with Gasteiger partial charge < -0.3 is 4.74 Å². The predicted molar refractivity (Wildman–Crippen MR) is 56.7 cm³/mol. The first-order chi connectivity index (χ1) is 6.74. The number of nitrogens with one attached hydrogen (secondary N) is 1. The summed E-state index contributed by atoms with van der Waals surface area (Å²) in [5.74, 6) is 1.40. The molecule has 2 aromatic rings. The number of aromatic nitrogens is 2. The Labute approximate surface area is 83.1 Å². The maximum absolute atomic E-state index is 5.42. The normalized spacial score (nSPS) is 11.1. The summed E-state index contributed by atoms with van der Waals surface area (Å²) in [6.07, 6.45) is 1.81. The summed E-state index contributed by atoms with van der Waals surface area (Å²) in [6, 6.07) is 4.13. The van der Waals surface area contributed by atoms with Crippen molar-refractivity contribution in [2.24, 2.45) is 0 Å². The van der Waals surface area contributed by atoms with E-state index in [2.05, 4.69) is 30.1 Å². The first-order valence-corrected chi connectivity index (χ1v) is 4.74.